The fourth-order valence-corrected chi connectivity index (χ4v) is 8.36. The second kappa shape index (κ2) is 30.5. The second-order valence-electron chi connectivity index (χ2n) is 14.3. The van der Waals surface area contributed by atoms with E-state index in [4.69, 9.17) is 61.7 Å². The molecule has 360 valence electrons. The Morgan fingerprint density at radius 1 is 0.642 bits per heavy atom. The van der Waals surface area contributed by atoms with Crippen LogP contribution >= 0.6 is 23.5 Å². The third-order valence-corrected chi connectivity index (χ3v) is 11.7. The number of hydrogen-bond donors (Lipinski definition) is 0. The Morgan fingerprint density at radius 3 is 1.48 bits per heavy atom. The van der Waals surface area contributed by atoms with Crippen LogP contribution in [0.1, 0.15) is 52.4 Å². The topological polar surface area (TPSA) is 162 Å². The average Bonchev–Trinajstić information content (AvgIpc) is 3.89. The number of carbonyl (C=O) groups is 3. The number of esters is 2. The van der Waals surface area contributed by atoms with Crippen LogP contribution in [-0.4, -0.2) is 102 Å². The van der Waals surface area contributed by atoms with Crippen LogP contribution in [0, 0.1) is 13.1 Å². The van der Waals surface area contributed by atoms with Crippen molar-refractivity contribution in [3.63, 3.8) is 0 Å². The largest absolute Gasteiger partial charge is 0.463 e. The average molecular weight is 964 g/mol. The highest BCUT2D eigenvalue weighted by atomic mass is 32.2. The van der Waals surface area contributed by atoms with E-state index in [0.717, 1.165) is 76.1 Å². The molecule has 0 saturated carbocycles. The van der Waals surface area contributed by atoms with Gasteiger partial charge < -0.3 is 33.9 Å². The lowest BCUT2D eigenvalue weighted by atomic mass is 10.2. The zero-order valence-corrected chi connectivity index (χ0v) is 39.5. The first-order valence-electron chi connectivity index (χ1n) is 21.6. The summed E-state index contributed by atoms with van der Waals surface area (Å²) in [6.45, 7) is 31.4. The van der Waals surface area contributed by atoms with Crippen molar-refractivity contribution in [1.29, 1.82) is 0 Å². The quantitative estimate of drug-likeness (QED) is 0.0127. The number of hydrogen-bond acceptors (Lipinski definition) is 17. The lowest BCUT2D eigenvalue weighted by Gasteiger charge is -2.21. The van der Waals surface area contributed by atoms with Crippen LogP contribution in [0.15, 0.2) is 117 Å². The fraction of sp³-hybridized carbons (Fsp3) is 0.426. The summed E-state index contributed by atoms with van der Waals surface area (Å²) in [6, 6.07) is 16.0. The van der Waals surface area contributed by atoms with Crippen molar-refractivity contribution in [2.45, 2.75) is 62.2 Å². The molecule has 67 heavy (non-hydrogen) atoms. The number of amides is 1. The third kappa shape index (κ3) is 18.1. The summed E-state index contributed by atoms with van der Waals surface area (Å²) in [4.78, 5) is 93.3. The van der Waals surface area contributed by atoms with Gasteiger partial charge in [0.1, 0.15) is 77.2 Å². The summed E-state index contributed by atoms with van der Waals surface area (Å²) in [5.41, 5.74) is 2.95. The van der Waals surface area contributed by atoms with E-state index in [1.165, 1.54) is 28.4 Å². The Morgan fingerprint density at radius 2 is 1.07 bits per heavy atom. The first kappa shape index (κ1) is 53.8. The van der Waals surface area contributed by atoms with E-state index in [-0.39, 0.29) is 90.3 Å². The Bertz CT molecular complexity index is 2010. The van der Waals surface area contributed by atoms with Crippen molar-refractivity contribution in [3.8, 4) is 0 Å². The molecule has 0 aromatic heterocycles. The van der Waals surface area contributed by atoms with Crippen LogP contribution in [0.4, 0.5) is 11.4 Å². The number of carbonyl (C=O) groups excluding carboxylic acids is 3. The lowest BCUT2D eigenvalue weighted by molar-refractivity contribution is -0.291. The van der Waals surface area contributed by atoms with Crippen LogP contribution < -0.4 is 9.80 Å². The number of anilines is 2. The van der Waals surface area contributed by atoms with Crippen LogP contribution in [0.3, 0.4) is 0 Å². The van der Waals surface area contributed by atoms with E-state index in [2.05, 4.69) is 53.1 Å². The Kier molecular flexibility index (Phi) is 24.5. The molecule has 4 rings (SSSR count). The number of benzene rings is 2. The molecule has 0 aliphatic carbocycles. The van der Waals surface area contributed by atoms with Gasteiger partial charge in [0.2, 0.25) is 17.3 Å². The lowest BCUT2D eigenvalue weighted by Crippen LogP contribution is -2.35. The molecule has 0 fully saturated rings. The molecule has 0 radical (unpaired) electrons. The highest BCUT2D eigenvalue weighted by Gasteiger charge is 2.29. The van der Waals surface area contributed by atoms with Crippen molar-refractivity contribution in [1.82, 2.24) is 4.90 Å². The normalized spacial score (nSPS) is 14.0. The summed E-state index contributed by atoms with van der Waals surface area (Å²) in [5, 5.41) is 1.63. The maximum Gasteiger partial charge on any atom is 0.313 e. The molecule has 2 aliphatic heterocycles. The van der Waals surface area contributed by atoms with Gasteiger partial charge in [-0.05, 0) is 43.2 Å². The highest BCUT2D eigenvalue weighted by molar-refractivity contribution is 8.04. The van der Waals surface area contributed by atoms with E-state index in [0.29, 0.717) is 11.4 Å². The smallest absolute Gasteiger partial charge is 0.313 e. The standard InChI is InChI=1S/C47H57N5O13S2/c1-8-11-21-51-39-17-13-15-19-41(39)66-46(51)37(48-6)33-62-58-29-27-56-44(54)31-35(4)64-60-25-23-50(43(53)10-3)24-26-61-65-36(5)32-45(55)57-28-30-59-63-34-38(49-7)47-52(22-12-9-2)40-18-14-16-20-42(40)67-47/h10,13-20H,3-5,8-9,11-12,21-34H2,1-2H3. The Balaban J connectivity index is 1.02. The zero-order valence-electron chi connectivity index (χ0n) is 37.9. The maximum atomic E-state index is 12.4. The van der Waals surface area contributed by atoms with Gasteiger partial charge in [0, 0.05) is 36.0 Å². The molecule has 0 N–H and O–H groups in total. The van der Waals surface area contributed by atoms with Crippen LogP contribution in [0.5, 0.6) is 0 Å². The number of nitrogens with zero attached hydrogens (tertiary/aromatic N) is 5. The summed E-state index contributed by atoms with van der Waals surface area (Å²) in [7, 11) is 0. The number of ether oxygens (including phenoxy) is 2. The minimum absolute atomic E-state index is 0.0301. The van der Waals surface area contributed by atoms with Crippen LogP contribution in [0.25, 0.3) is 9.69 Å². The number of fused-ring (bicyclic) bond motifs is 2. The molecule has 0 bridgehead atoms. The predicted molar refractivity (Wildman–Crippen MR) is 250 cm³/mol. The molecule has 1 amide bonds. The molecule has 0 atom stereocenters. The second-order valence-corrected chi connectivity index (χ2v) is 16.3. The maximum absolute atomic E-state index is 12.4. The first-order chi connectivity index (χ1) is 32.6. The molecule has 0 spiro atoms. The van der Waals surface area contributed by atoms with Crippen molar-refractivity contribution in [2.75, 3.05) is 88.8 Å². The van der Waals surface area contributed by atoms with Gasteiger partial charge in [-0.25, -0.2) is 29.2 Å². The number of unbranched alkanes of at least 4 members (excludes halogenated alkanes) is 2. The van der Waals surface area contributed by atoms with E-state index in [1.807, 2.05) is 48.5 Å². The summed E-state index contributed by atoms with van der Waals surface area (Å²) >= 11 is 3.05. The number of thioether (sulfide) groups is 2. The first-order valence-corrected chi connectivity index (χ1v) is 23.2. The predicted octanol–water partition coefficient (Wildman–Crippen LogP) is 8.69. The van der Waals surface area contributed by atoms with Crippen LogP contribution in [-0.2, 0) is 63.0 Å². The van der Waals surface area contributed by atoms with Crippen molar-refractivity contribution >= 4 is 52.7 Å². The van der Waals surface area contributed by atoms with E-state index < -0.39 is 17.8 Å². The molecular formula is C47H57N5O13S2. The molecule has 2 aliphatic rings. The Hall–Kier alpha value is -5.81. The third-order valence-electron chi connectivity index (χ3n) is 9.28. The minimum atomic E-state index is -0.650. The summed E-state index contributed by atoms with van der Waals surface area (Å²) in [5.74, 6) is -1.78. The van der Waals surface area contributed by atoms with E-state index >= 15 is 0 Å². The molecular weight excluding hydrogens is 907 g/mol. The van der Waals surface area contributed by atoms with Gasteiger partial charge >= 0.3 is 11.9 Å². The molecule has 0 saturated heterocycles. The molecule has 18 nitrogen and oxygen atoms in total. The minimum Gasteiger partial charge on any atom is -0.463 e. The van der Waals surface area contributed by atoms with Gasteiger partial charge in [0.25, 0.3) is 0 Å². The van der Waals surface area contributed by atoms with Crippen molar-refractivity contribution < 1.29 is 63.0 Å². The van der Waals surface area contributed by atoms with Crippen molar-refractivity contribution in [3.05, 3.63) is 130 Å². The Labute approximate surface area is 400 Å². The summed E-state index contributed by atoms with van der Waals surface area (Å²) in [6.07, 6.45) is 4.48. The van der Waals surface area contributed by atoms with Gasteiger partial charge in [0.15, 0.2) is 0 Å². The monoisotopic (exact) mass is 963 g/mol. The van der Waals surface area contributed by atoms with Gasteiger partial charge in [0.05, 0.1) is 34.6 Å². The summed E-state index contributed by atoms with van der Waals surface area (Å²) < 4.78 is 10.3. The highest BCUT2D eigenvalue weighted by Crippen LogP contribution is 2.48. The van der Waals surface area contributed by atoms with Gasteiger partial charge in [-0.2, -0.15) is 9.78 Å². The molecule has 2 heterocycles. The van der Waals surface area contributed by atoms with Gasteiger partial charge in [-0.3, -0.25) is 14.4 Å². The number of para-hydroxylation sites is 2. The number of rotatable bonds is 33. The SMILES string of the molecule is [C-]#[N+]C(COOCCOC(=O)CC(=C)OOCCN(CCOOC(=C)CC(=O)OCCOOCC([N+]#[C-])=C1Sc2ccccc2N1CCCC)C(=O)C=C)=C1Sc2ccccc2N1CCCC. The fourth-order valence-electron chi connectivity index (χ4n) is 6.04. The van der Waals surface area contributed by atoms with Crippen LogP contribution in [0.2, 0.25) is 0 Å². The zero-order chi connectivity index (χ0) is 48.2. The molecule has 20 heteroatoms. The molecule has 2 aromatic rings. The van der Waals surface area contributed by atoms with Gasteiger partial charge in [-0.1, -0.05) is 94.2 Å². The van der Waals surface area contributed by atoms with E-state index in [9.17, 15) is 14.4 Å². The van der Waals surface area contributed by atoms with Crippen molar-refractivity contribution in [2.24, 2.45) is 0 Å². The van der Waals surface area contributed by atoms with E-state index in [1.54, 1.807) is 0 Å². The van der Waals surface area contributed by atoms with Gasteiger partial charge in [-0.15, -0.1) is 0 Å². The molecule has 2 aromatic carbocycles. The molecule has 0 unspecified atom stereocenters.